The van der Waals surface area contributed by atoms with Gasteiger partial charge in [0.25, 0.3) is 0 Å². The number of unbranched alkanes of at least 4 members (excludes halogenated alkanes) is 2. The van der Waals surface area contributed by atoms with Crippen LogP contribution < -0.4 is 9.47 Å². The van der Waals surface area contributed by atoms with E-state index in [-0.39, 0.29) is 17.1 Å². The number of anilines is 1. The van der Waals surface area contributed by atoms with E-state index in [1.54, 1.807) is 24.3 Å². The first-order chi connectivity index (χ1) is 19.2. The lowest BCUT2D eigenvalue weighted by atomic mass is 9.80. The van der Waals surface area contributed by atoms with E-state index in [4.69, 9.17) is 0 Å². The number of aliphatic hydroxyl groups excluding tert-OH is 1. The molecule has 0 saturated heterocycles. The van der Waals surface area contributed by atoms with Crippen LogP contribution in [0.15, 0.2) is 83.4 Å². The van der Waals surface area contributed by atoms with Crippen LogP contribution in [0.3, 0.4) is 0 Å². The molecule has 2 heterocycles. The predicted molar refractivity (Wildman–Crippen MR) is 158 cm³/mol. The third kappa shape index (κ3) is 4.61. The second-order valence-electron chi connectivity index (χ2n) is 11.2. The van der Waals surface area contributed by atoms with Crippen LogP contribution in [-0.4, -0.2) is 28.5 Å². The number of carboxylic acids is 1. The summed E-state index contributed by atoms with van der Waals surface area (Å²) in [5.74, 6) is -1.16. The number of aromatic carboxylic acids is 1. The number of allylic oxidation sites excluding steroid dienone is 4. The fraction of sp³-hybridized carbons (Fsp3) is 0.324. The summed E-state index contributed by atoms with van der Waals surface area (Å²) in [5.41, 5.74) is 5.03. The Balaban J connectivity index is 1.55. The van der Waals surface area contributed by atoms with Crippen LogP contribution >= 0.6 is 0 Å². The molecule has 2 N–H and O–H groups in total. The Morgan fingerprint density at radius 2 is 1.77 bits per heavy atom. The zero-order chi connectivity index (χ0) is 28.6. The summed E-state index contributed by atoms with van der Waals surface area (Å²) in [7, 11) is 0. The van der Waals surface area contributed by atoms with Crippen molar-refractivity contribution < 1.29 is 24.4 Å². The van der Waals surface area contributed by atoms with Gasteiger partial charge in [0, 0.05) is 41.9 Å². The topological polar surface area (TPSA) is 81.7 Å². The average molecular weight is 538 g/mol. The van der Waals surface area contributed by atoms with E-state index in [0.717, 1.165) is 72.2 Å². The number of aryl methyl sites for hydroxylation is 1. The van der Waals surface area contributed by atoms with E-state index in [0.29, 0.717) is 11.1 Å². The predicted octanol–water partition coefficient (Wildman–Crippen LogP) is 6.89. The highest BCUT2D eigenvalue weighted by Gasteiger charge is 2.42. The number of fused-ring (bicyclic) bond motifs is 2. The number of hydrogen-bond donors (Lipinski definition) is 2. The molecule has 3 aromatic rings. The first kappa shape index (κ1) is 27.4. The zero-order valence-electron chi connectivity index (χ0n) is 23.7. The summed E-state index contributed by atoms with van der Waals surface area (Å²) < 4.78 is 2.23. The van der Waals surface area contributed by atoms with Crippen LogP contribution in [0, 0.1) is 0 Å². The minimum absolute atomic E-state index is 0.00211. The highest BCUT2D eigenvalue weighted by Crippen LogP contribution is 2.49. The molecule has 0 fully saturated rings. The van der Waals surface area contributed by atoms with Gasteiger partial charge in [-0.1, -0.05) is 52.7 Å². The number of nitrogens with zero attached hydrogens (tertiary/aromatic N) is 2. The van der Waals surface area contributed by atoms with Crippen LogP contribution in [0.5, 0.6) is 0 Å². The summed E-state index contributed by atoms with van der Waals surface area (Å²) in [6.07, 6.45) is 9.76. The minimum Gasteiger partial charge on any atom is -0.506 e. The third-order valence-corrected chi connectivity index (χ3v) is 8.17. The minimum atomic E-state index is -0.968. The maximum Gasteiger partial charge on any atom is 0.335 e. The first-order valence-electron chi connectivity index (χ1n) is 14.2. The molecule has 1 aliphatic carbocycles. The van der Waals surface area contributed by atoms with Crippen molar-refractivity contribution in [2.24, 2.45) is 0 Å². The molecule has 5 rings (SSSR count). The largest absolute Gasteiger partial charge is 0.506 e. The summed E-state index contributed by atoms with van der Waals surface area (Å²) in [6, 6.07) is 15.4. The summed E-state index contributed by atoms with van der Waals surface area (Å²) in [4.78, 5) is 27.3. The number of carbonyl (C=O) groups is 2. The van der Waals surface area contributed by atoms with Gasteiger partial charge in [0.15, 0.2) is 6.20 Å². The van der Waals surface area contributed by atoms with Crippen LogP contribution in [0.25, 0.3) is 17.0 Å². The number of pyridine rings is 1. The number of para-hydroxylation sites is 1. The van der Waals surface area contributed by atoms with Gasteiger partial charge in [-0.2, -0.15) is 4.57 Å². The molecular formula is C34H37N2O4+. The molecule has 1 aromatic heterocycles. The Hall–Kier alpha value is -4.19. The van der Waals surface area contributed by atoms with Gasteiger partial charge >= 0.3 is 5.97 Å². The lowest BCUT2D eigenvalue weighted by Crippen LogP contribution is -2.34. The number of benzene rings is 2. The fourth-order valence-corrected chi connectivity index (χ4v) is 5.79. The highest BCUT2D eigenvalue weighted by atomic mass is 16.4. The Morgan fingerprint density at radius 3 is 2.48 bits per heavy atom. The summed E-state index contributed by atoms with van der Waals surface area (Å²) in [5, 5.41) is 21.7. The fourth-order valence-electron chi connectivity index (χ4n) is 5.79. The lowest BCUT2D eigenvalue weighted by molar-refractivity contribution is -0.671. The average Bonchev–Trinajstić information content (AvgIpc) is 3.17. The van der Waals surface area contributed by atoms with Gasteiger partial charge in [-0.05, 0) is 54.0 Å². The Bertz CT molecular complexity index is 1610. The van der Waals surface area contributed by atoms with Crippen molar-refractivity contribution in [2.45, 2.75) is 65.3 Å². The standard InChI is InChI=1S/C34H36N2O4/c1-5-7-16-35-18-15-22(24-11-9-10-12-28(24)35)19-25-31(37)26(32(25)38)21-30-34(3,4)27-20-23(33(39)40)13-14-29(27)36(30)17-8-6-2/h9-15,18-21H,5-8,16-17H2,1-4H3,(H-,37,38,39,40)/p+1. The van der Waals surface area contributed by atoms with E-state index in [1.807, 2.05) is 50.4 Å². The van der Waals surface area contributed by atoms with Crippen molar-refractivity contribution in [1.29, 1.82) is 0 Å². The number of Topliss-reactive ketones (excluding diaryl/α,β-unsaturated/α-hetero) is 1. The van der Waals surface area contributed by atoms with Gasteiger partial charge in [-0.3, -0.25) is 4.79 Å². The normalized spacial score (nSPS) is 18.1. The van der Waals surface area contributed by atoms with Crippen molar-refractivity contribution in [3.8, 4) is 0 Å². The monoisotopic (exact) mass is 537 g/mol. The molecule has 6 heteroatoms. The molecule has 40 heavy (non-hydrogen) atoms. The first-order valence-corrected chi connectivity index (χ1v) is 14.2. The quantitative estimate of drug-likeness (QED) is 0.230. The Labute approximate surface area is 235 Å². The second-order valence-corrected chi connectivity index (χ2v) is 11.2. The third-order valence-electron chi connectivity index (χ3n) is 8.17. The molecule has 0 spiro atoms. The van der Waals surface area contributed by atoms with Gasteiger partial charge in [0.05, 0.1) is 22.1 Å². The van der Waals surface area contributed by atoms with Gasteiger partial charge in [-0.15, -0.1) is 0 Å². The highest BCUT2D eigenvalue weighted by molar-refractivity contribution is 6.23. The van der Waals surface area contributed by atoms with Gasteiger partial charge in [-0.25, -0.2) is 4.79 Å². The molecule has 0 bridgehead atoms. The SMILES string of the molecule is CCCCN1/C(=C\C2=C(O)C(=C/c3cc[n+](CCCC)c4ccccc34)/C2=O)C(C)(C)c2cc(C(=O)O)ccc21. The van der Waals surface area contributed by atoms with Crippen LogP contribution in [0.4, 0.5) is 5.69 Å². The van der Waals surface area contributed by atoms with E-state index in [2.05, 4.69) is 29.4 Å². The lowest BCUT2D eigenvalue weighted by Gasteiger charge is -2.29. The molecular weight excluding hydrogens is 500 g/mol. The molecule has 0 amide bonds. The summed E-state index contributed by atoms with van der Waals surface area (Å²) >= 11 is 0. The summed E-state index contributed by atoms with van der Waals surface area (Å²) in [6.45, 7) is 10.0. The van der Waals surface area contributed by atoms with Crippen molar-refractivity contribution in [1.82, 2.24) is 0 Å². The van der Waals surface area contributed by atoms with E-state index in [1.165, 1.54) is 0 Å². The number of hydrogen-bond acceptors (Lipinski definition) is 4. The maximum absolute atomic E-state index is 13.4. The number of carboxylic acid groups (broad SMARTS) is 1. The molecule has 0 unspecified atom stereocenters. The van der Waals surface area contributed by atoms with Crippen molar-refractivity contribution in [2.75, 3.05) is 11.4 Å². The molecule has 0 atom stereocenters. The smallest absolute Gasteiger partial charge is 0.335 e. The van der Waals surface area contributed by atoms with Gasteiger partial charge < -0.3 is 15.1 Å². The van der Waals surface area contributed by atoms with Gasteiger partial charge in [0.1, 0.15) is 12.3 Å². The number of aromatic nitrogens is 1. The molecule has 0 radical (unpaired) electrons. The number of carbonyl (C=O) groups excluding carboxylic acids is 1. The van der Waals surface area contributed by atoms with E-state index in [9.17, 15) is 19.8 Å². The van der Waals surface area contributed by atoms with Crippen molar-refractivity contribution >= 4 is 34.4 Å². The van der Waals surface area contributed by atoms with Crippen LogP contribution in [0.2, 0.25) is 0 Å². The second kappa shape index (κ2) is 10.8. The van der Waals surface area contributed by atoms with Crippen LogP contribution in [0.1, 0.15) is 74.9 Å². The molecule has 6 nitrogen and oxygen atoms in total. The molecule has 1 aliphatic heterocycles. The van der Waals surface area contributed by atoms with Crippen molar-refractivity contribution in [3.63, 3.8) is 0 Å². The van der Waals surface area contributed by atoms with E-state index < -0.39 is 11.4 Å². The molecule has 0 saturated carbocycles. The molecule has 206 valence electrons. The Kier molecular flexibility index (Phi) is 7.37. The van der Waals surface area contributed by atoms with Gasteiger partial charge in [0.2, 0.25) is 11.3 Å². The Morgan fingerprint density at radius 1 is 1.02 bits per heavy atom. The maximum atomic E-state index is 13.4. The van der Waals surface area contributed by atoms with Crippen LogP contribution in [-0.2, 0) is 16.8 Å². The molecule has 2 aromatic carbocycles. The number of rotatable bonds is 9. The molecule has 2 aliphatic rings. The van der Waals surface area contributed by atoms with Crippen molar-refractivity contribution in [3.05, 3.63) is 100 Å². The number of aliphatic hydroxyl groups is 1. The zero-order valence-corrected chi connectivity index (χ0v) is 23.7. The number of ketones is 1. The van der Waals surface area contributed by atoms with E-state index >= 15 is 0 Å².